The lowest BCUT2D eigenvalue weighted by molar-refractivity contribution is -0.142. The van der Waals surface area contributed by atoms with Gasteiger partial charge < -0.3 is 10.4 Å². The SMILES string of the molecule is CC(C)(C)[C@@H](NC(=O)c1cc2c(s1)CCC2)C(=O)O. The van der Waals surface area contributed by atoms with Crippen LogP contribution in [0.5, 0.6) is 0 Å². The fourth-order valence-corrected chi connectivity index (χ4v) is 3.45. The number of amides is 1. The molecule has 1 amide bonds. The molecule has 0 fully saturated rings. The predicted octanol–water partition coefficient (Wildman–Crippen LogP) is 2.47. The van der Waals surface area contributed by atoms with E-state index in [1.54, 1.807) is 20.8 Å². The molecular weight excluding hydrogens is 262 g/mol. The summed E-state index contributed by atoms with van der Waals surface area (Å²) in [5, 5.41) is 11.8. The number of rotatable bonds is 3. The van der Waals surface area contributed by atoms with Gasteiger partial charge in [0.25, 0.3) is 5.91 Å². The van der Waals surface area contributed by atoms with E-state index in [-0.39, 0.29) is 5.91 Å². The number of nitrogens with one attached hydrogen (secondary N) is 1. The van der Waals surface area contributed by atoms with Crippen molar-refractivity contribution < 1.29 is 14.7 Å². The van der Waals surface area contributed by atoms with Gasteiger partial charge in [-0.15, -0.1) is 11.3 Å². The summed E-state index contributed by atoms with van der Waals surface area (Å²) in [5.74, 6) is -1.27. The van der Waals surface area contributed by atoms with Gasteiger partial charge in [0, 0.05) is 4.88 Å². The smallest absolute Gasteiger partial charge is 0.326 e. The van der Waals surface area contributed by atoms with Crippen LogP contribution in [0.1, 0.15) is 47.3 Å². The van der Waals surface area contributed by atoms with E-state index in [2.05, 4.69) is 5.32 Å². The number of thiophene rings is 1. The van der Waals surface area contributed by atoms with Crippen molar-refractivity contribution in [3.63, 3.8) is 0 Å². The van der Waals surface area contributed by atoms with Gasteiger partial charge >= 0.3 is 5.97 Å². The lowest BCUT2D eigenvalue weighted by Crippen LogP contribution is -2.48. The fraction of sp³-hybridized carbons (Fsp3) is 0.571. The number of carbonyl (C=O) groups excluding carboxylic acids is 1. The van der Waals surface area contributed by atoms with Gasteiger partial charge in [-0.3, -0.25) is 4.79 Å². The maximum Gasteiger partial charge on any atom is 0.326 e. The summed E-state index contributed by atoms with van der Waals surface area (Å²) in [4.78, 5) is 25.3. The third kappa shape index (κ3) is 2.97. The average Bonchev–Trinajstić information content (AvgIpc) is 2.82. The molecule has 0 aliphatic heterocycles. The maximum absolute atomic E-state index is 12.1. The van der Waals surface area contributed by atoms with Crippen LogP contribution in [0.3, 0.4) is 0 Å². The highest BCUT2D eigenvalue weighted by Gasteiger charge is 2.33. The highest BCUT2D eigenvalue weighted by molar-refractivity contribution is 7.14. The number of aryl methyl sites for hydroxylation is 2. The lowest BCUT2D eigenvalue weighted by atomic mass is 9.87. The Morgan fingerprint density at radius 3 is 2.58 bits per heavy atom. The lowest BCUT2D eigenvalue weighted by Gasteiger charge is -2.27. The maximum atomic E-state index is 12.1. The monoisotopic (exact) mass is 281 g/mol. The van der Waals surface area contributed by atoms with Gasteiger partial charge in [0.15, 0.2) is 0 Å². The molecule has 2 rings (SSSR count). The number of aliphatic carboxylic acids is 1. The quantitative estimate of drug-likeness (QED) is 0.894. The van der Waals surface area contributed by atoms with E-state index in [9.17, 15) is 14.7 Å². The Hall–Kier alpha value is -1.36. The van der Waals surface area contributed by atoms with E-state index in [0.29, 0.717) is 4.88 Å². The molecule has 1 aliphatic carbocycles. The predicted molar refractivity (Wildman–Crippen MR) is 74.7 cm³/mol. The van der Waals surface area contributed by atoms with Crippen molar-refractivity contribution in [2.75, 3.05) is 0 Å². The van der Waals surface area contributed by atoms with Crippen molar-refractivity contribution >= 4 is 23.2 Å². The molecule has 1 atom stereocenters. The van der Waals surface area contributed by atoms with Crippen LogP contribution in [-0.2, 0) is 17.6 Å². The van der Waals surface area contributed by atoms with Crippen molar-refractivity contribution in [3.8, 4) is 0 Å². The van der Waals surface area contributed by atoms with E-state index in [4.69, 9.17) is 0 Å². The van der Waals surface area contributed by atoms with Gasteiger partial charge in [-0.25, -0.2) is 4.79 Å². The zero-order valence-electron chi connectivity index (χ0n) is 11.4. The van der Waals surface area contributed by atoms with Gasteiger partial charge in [0.2, 0.25) is 0 Å². The first-order chi connectivity index (χ1) is 8.79. The second-order valence-corrected chi connectivity index (χ2v) is 7.16. The molecule has 4 nitrogen and oxygen atoms in total. The van der Waals surface area contributed by atoms with Gasteiger partial charge in [0.1, 0.15) is 6.04 Å². The van der Waals surface area contributed by atoms with E-state index < -0.39 is 17.4 Å². The normalized spacial score (nSPS) is 15.9. The van der Waals surface area contributed by atoms with Gasteiger partial charge in [-0.05, 0) is 36.3 Å². The van der Waals surface area contributed by atoms with Crippen LogP contribution in [0.25, 0.3) is 0 Å². The highest BCUT2D eigenvalue weighted by atomic mass is 32.1. The molecule has 1 aromatic rings. The van der Waals surface area contributed by atoms with Crippen LogP contribution in [-0.4, -0.2) is 23.0 Å². The largest absolute Gasteiger partial charge is 0.480 e. The van der Waals surface area contributed by atoms with Crippen LogP contribution in [0.15, 0.2) is 6.07 Å². The van der Waals surface area contributed by atoms with Crippen LogP contribution < -0.4 is 5.32 Å². The first kappa shape index (κ1) is 14.1. The van der Waals surface area contributed by atoms with E-state index >= 15 is 0 Å². The molecule has 0 radical (unpaired) electrons. The zero-order chi connectivity index (χ0) is 14.2. The molecule has 0 spiro atoms. The molecule has 1 heterocycles. The summed E-state index contributed by atoms with van der Waals surface area (Å²) < 4.78 is 0. The minimum absolute atomic E-state index is 0.276. The second-order valence-electron chi connectivity index (χ2n) is 6.02. The molecular formula is C14H19NO3S. The summed E-state index contributed by atoms with van der Waals surface area (Å²) in [6, 6.07) is 1.03. The Morgan fingerprint density at radius 1 is 1.37 bits per heavy atom. The summed E-state index contributed by atoms with van der Waals surface area (Å²) in [6.07, 6.45) is 3.22. The van der Waals surface area contributed by atoms with Crippen LogP contribution in [0, 0.1) is 5.41 Å². The number of hydrogen-bond acceptors (Lipinski definition) is 3. The van der Waals surface area contributed by atoms with E-state index in [1.165, 1.54) is 21.8 Å². The molecule has 104 valence electrons. The average molecular weight is 281 g/mol. The zero-order valence-corrected chi connectivity index (χ0v) is 12.3. The number of hydrogen-bond donors (Lipinski definition) is 2. The van der Waals surface area contributed by atoms with Gasteiger partial charge in [-0.1, -0.05) is 20.8 Å². The van der Waals surface area contributed by atoms with Crippen LogP contribution >= 0.6 is 11.3 Å². The molecule has 2 N–H and O–H groups in total. The summed E-state index contributed by atoms with van der Waals surface area (Å²) in [5.41, 5.74) is 0.736. The molecule has 0 aromatic carbocycles. The van der Waals surface area contributed by atoms with Crippen molar-refractivity contribution in [1.29, 1.82) is 0 Å². The molecule has 5 heteroatoms. The summed E-state index contributed by atoms with van der Waals surface area (Å²) in [6.45, 7) is 5.42. The number of carboxylic acid groups (broad SMARTS) is 1. The molecule has 0 saturated carbocycles. The van der Waals surface area contributed by atoms with Crippen molar-refractivity contribution in [1.82, 2.24) is 5.32 Å². The number of fused-ring (bicyclic) bond motifs is 1. The number of carbonyl (C=O) groups is 2. The Balaban J connectivity index is 2.13. The Bertz CT molecular complexity index is 492. The van der Waals surface area contributed by atoms with Gasteiger partial charge in [0.05, 0.1) is 4.88 Å². The van der Waals surface area contributed by atoms with Crippen LogP contribution in [0.2, 0.25) is 0 Å². The first-order valence-corrected chi connectivity index (χ1v) is 7.26. The Kier molecular flexibility index (Phi) is 3.67. The first-order valence-electron chi connectivity index (χ1n) is 6.44. The summed E-state index contributed by atoms with van der Waals surface area (Å²) >= 11 is 1.49. The standard InChI is InChI=1S/C14H19NO3S/c1-14(2,3)11(13(17)18)15-12(16)10-7-8-5-4-6-9(8)19-10/h7,11H,4-6H2,1-3H3,(H,15,16)(H,17,18)/t11-/m0/s1. The Morgan fingerprint density at radius 2 is 2.05 bits per heavy atom. The van der Waals surface area contributed by atoms with Crippen LogP contribution in [0.4, 0.5) is 0 Å². The second kappa shape index (κ2) is 4.96. The fourth-order valence-electron chi connectivity index (χ4n) is 2.29. The number of carboxylic acids is 1. The molecule has 1 aromatic heterocycles. The topological polar surface area (TPSA) is 66.4 Å². The molecule has 0 bridgehead atoms. The van der Waals surface area contributed by atoms with E-state index in [1.807, 2.05) is 6.07 Å². The minimum Gasteiger partial charge on any atom is -0.480 e. The van der Waals surface area contributed by atoms with Crippen molar-refractivity contribution in [2.45, 2.75) is 46.1 Å². The van der Waals surface area contributed by atoms with Gasteiger partial charge in [-0.2, -0.15) is 0 Å². The van der Waals surface area contributed by atoms with E-state index in [0.717, 1.165) is 19.3 Å². The Labute approximate surface area is 116 Å². The highest BCUT2D eigenvalue weighted by Crippen LogP contribution is 2.31. The van der Waals surface area contributed by atoms with Crippen molar-refractivity contribution in [2.24, 2.45) is 5.41 Å². The third-order valence-corrected chi connectivity index (χ3v) is 4.59. The molecule has 0 saturated heterocycles. The minimum atomic E-state index is -0.995. The molecule has 0 unspecified atom stereocenters. The summed E-state index contributed by atoms with van der Waals surface area (Å²) in [7, 11) is 0. The molecule has 19 heavy (non-hydrogen) atoms. The third-order valence-electron chi connectivity index (χ3n) is 3.36. The van der Waals surface area contributed by atoms with Crippen molar-refractivity contribution in [3.05, 3.63) is 21.4 Å². The molecule has 1 aliphatic rings.